The second-order valence-corrected chi connectivity index (χ2v) is 4.25. The standard InChI is InChI=1S/C15H15NO2/c1-3-10-15(11-4-2)13(16-18-14(15)17)12-8-6-5-7-9-12/h3-9H,1-2,10-11H2. The van der Waals surface area contributed by atoms with Crippen molar-refractivity contribution in [2.45, 2.75) is 12.8 Å². The summed E-state index contributed by atoms with van der Waals surface area (Å²) in [6.07, 6.45) is 4.42. The van der Waals surface area contributed by atoms with E-state index in [1.54, 1.807) is 12.2 Å². The van der Waals surface area contributed by atoms with E-state index >= 15 is 0 Å². The SMILES string of the molecule is C=CCC1(CC=C)C(=O)ON=C1c1ccccc1. The normalized spacial score (nSPS) is 16.9. The van der Waals surface area contributed by atoms with Gasteiger partial charge in [0.15, 0.2) is 0 Å². The molecule has 0 aliphatic carbocycles. The van der Waals surface area contributed by atoms with E-state index in [2.05, 4.69) is 18.3 Å². The minimum absolute atomic E-state index is 0.332. The lowest BCUT2D eigenvalue weighted by atomic mass is 9.75. The molecule has 0 saturated carbocycles. The summed E-state index contributed by atoms with van der Waals surface area (Å²) in [6.45, 7) is 7.43. The van der Waals surface area contributed by atoms with Crippen molar-refractivity contribution in [3.8, 4) is 0 Å². The molecule has 0 aromatic heterocycles. The summed E-state index contributed by atoms with van der Waals surface area (Å²) in [7, 11) is 0. The first-order valence-corrected chi connectivity index (χ1v) is 5.82. The molecular formula is C15H15NO2. The zero-order valence-electron chi connectivity index (χ0n) is 10.1. The van der Waals surface area contributed by atoms with Crippen LogP contribution in [0.4, 0.5) is 0 Å². The number of nitrogens with zero attached hydrogens (tertiary/aromatic N) is 1. The van der Waals surface area contributed by atoms with Crippen molar-refractivity contribution >= 4 is 11.7 Å². The van der Waals surface area contributed by atoms with Crippen LogP contribution in [-0.4, -0.2) is 11.7 Å². The molecule has 0 unspecified atom stereocenters. The fourth-order valence-corrected chi connectivity index (χ4v) is 2.22. The Labute approximate surface area is 106 Å². The van der Waals surface area contributed by atoms with Crippen LogP contribution in [0.1, 0.15) is 18.4 Å². The summed E-state index contributed by atoms with van der Waals surface area (Å²) < 4.78 is 0. The monoisotopic (exact) mass is 241 g/mol. The maximum Gasteiger partial charge on any atom is 0.347 e. The van der Waals surface area contributed by atoms with E-state index in [1.165, 1.54) is 0 Å². The Morgan fingerprint density at radius 2 is 1.78 bits per heavy atom. The second-order valence-electron chi connectivity index (χ2n) is 4.25. The van der Waals surface area contributed by atoms with Gasteiger partial charge in [-0.3, -0.25) is 0 Å². The Morgan fingerprint density at radius 3 is 2.33 bits per heavy atom. The van der Waals surface area contributed by atoms with Crippen LogP contribution in [0, 0.1) is 5.41 Å². The number of carbonyl (C=O) groups excluding carboxylic acids is 1. The highest BCUT2D eigenvalue weighted by Crippen LogP contribution is 2.38. The largest absolute Gasteiger partial charge is 0.347 e. The predicted octanol–water partition coefficient (Wildman–Crippen LogP) is 3.09. The highest BCUT2D eigenvalue weighted by molar-refractivity contribution is 6.17. The predicted molar refractivity (Wildman–Crippen MR) is 71.1 cm³/mol. The van der Waals surface area contributed by atoms with E-state index in [-0.39, 0.29) is 5.97 Å². The van der Waals surface area contributed by atoms with Crippen LogP contribution in [0.5, 0.6) is 0 Å². The van der Waals surface area contributed by atoms with Crippen LogP contribution in [0.15, 0.2) is 60.8 Å². The summed E-state index contributed by atoms with van der Waals surface area (Å²) in [5.74, 6) is -0.332. The average molecular weight is 241 g/mol. The zero-order valence-corrected chi connectivity index (χ0v) is 10.1. The molecule has 0 fully saturated rings. The Hall–Kier alpha value is -2.16. The molecule has 3 heteroatoms. The van der Waals surface area contributed by atoms with Gasteiger partial charge in [0.05, 0.1) is 0 Å². The number of oxime groups is 1. The highest BCUT2D eigenvalue weighted by Gasteiger charge is 2.48. The van der Waals surface area contributed by atoms with Gasteiger partial charge in [0.2, 0.25) is 0 Å². The summed E-state index contributed by atoms with van der Waals surface area (Å²) in [5.41, 5.74) is 0.783. The summed E-state index contributed by atoms with van der Waals surface area (Å²) in [4.78, 5) is 16.9. The quantitative estimate of drug-likeness (QED) is 0.587. The molecule has 0 amide bonds. The third-order valence-corrected chi connectivity index (χ3v) is 3.10. The summed E-state index contributed by atoms with van der Waals surface area (Å²) >= 11 is 0. The van der Waals surface area contributed by atoms with E-state index < -0.39 is 5.41 Å². The first kappa shape index (κ1) is 12.3. The van der Waals surface area contributed by atoms with Crippen molar-refractivity contribution in [3.05, 3.63) is 61.2 Å². The average Bonchev–Trinajstić information content (AvgIpc) is 2.69. The minimum Gasteiger partial charge on any atom is -0.317 e. The van der Waals surface area contributed by atoms with Gasteiger partial charge in [-0.15, -0.1) is 13.2 Å². The van der Waals surface area contributed by atoms with Crippen molar-refractivity contribution < 1.29 is 9.63 Å². The van der Waals surface area contributed by atoms with E-state index in [0.29, 0.717) is 18.6 Å². The number of carbonyl (C=O) groups is 1. The molecule has 1 aromatic rings. The lowest BCUT2D eigenvalue weighted by Gasteiger charge is -2.23. The number of hydrogen-bond acceptors (Lipinski definition) is 3. The Bertz CT molecular complexity index is 492. The fraction of sp³-hybridized carbons (Fsp3) is 0.200. The number of allylic oxidation sites excluding steroid dienone is 2. The number of hydrogen-bond donors (Lipinski definition) is 0. The van der Waals surface area contributed by atoms with Crippen LogP contribution in [-0.2, 0) is 9.63 Å². The van der Waals surface area contributed by atoms with Gasteiger partial charge >= 0.3 is 5.97 Å². The minimum atomic E-state index is -0.773. The maximum atomic E-state index is 12.0. The Morgan fingerprint density at radius 1 is 1.17 bits per heavy atom. The zero-order chi connectivity index (χ0) is 13.0. The van der Waals surface area contributed by atoms with E-state index in [0.717, 1.165) is 5.56 Å². The van der Waals surface area contributed by atoms with Crippen molar-refractivity contribution in [2.75, 3.05) is 0 Å². The molecule has 0 saturated heterocycles. The van der Waals surface area contributed by atoms with Gasteiger partial charge in [-0.05, 0) is 12.8 Å². The topological polar surface area (TPSA) is 38.7 Å². The van der Waals surface area contributed by atoms with E-state index in [4.69, 9.17) is 4.84 Å². The molecule has 18 heavy (non-hydrogen) atoms. The van der Waals surface area contributed by atoms with Crippen LogP contribution in [0.3, 0.4) is 0 Å². The van der Waals surface area contributed by atoms with E-state index in [1.807, 2.05) is 30.3 Å². The third kappa shape index (κ3) is 1.88. The first-order chi connectivity index (χ1) is 8.74. The van der Waals surface area contributed by atoms with Gasteiger partial charge in [0, 0.05) is 5.56 Å². The molecule has 1 heterocycles. The van der Waals surface area contributed by atoms with Gasteiger partial charge in [-0.1, -0.05) is 47.6 Å². The molecular weight excluding hydrogens is 226 g/mol. The van der Waals surface area contributed by atoms with Crippen molar-refractivity contribution in [3.63, 3.8) is 0 Å². The van der Waals surface area contributed by atoms with Crippen LogP contribution >= 0.6 is 0 Å². The molecule has 1 aliphatic rings. The third-order valence-electron chi connectivity index (χ3n) is 3.10. The lowest BCUT2D eigenvalue weighted by molar-refractivity contribution is -0.148. The van der Waals surface area contributed by atoms with Gasteiger partial charge in [-0.25, -0.2) is 4.79 Å². The smallest absolute Gasteiger partial charge is 0.317 e. The maximum absolute atomic E-state index is 12.0. The summed E-state index contributed by atoms with van der Waals surface area (Å²) in [6, 6.07) is 9.58. The highest BCUT2D eigenvalue weighted by atomic mass is 16.7. The van der Waals surface area contributed by atoms with Crippen molar-refractivity contribution in [1.82, 2.24) is 0 Å². The number of benzene rings is 1. The molecule has 0 spiro atoms. The second kappa shape index (κ2) is 5.00. The molecule has 0 bridgehead atoms. The van der Waals surface area contributed by atoms with Gasteiger partial charge in [0.25, 0.3) is 0 Å². The van der Waals surface area contributed by atoms with Crippen LogP contribution in [0.25, 0.3) is 0 Å². The molecule has 0 atom stereocenters. The molecule has 2 rings (SSSR count). The van der Waals surface area contributed by atoms with Gasteiger partial charge in [-0.2, -0.15) is 0 Å². The van der Waals surface area contributed by atoms with Crippen molar-refractivity contribution in [2.24, 2.45) is 10.6 Å². The molecule has 92 valence electrons. The fourth-order valence-electron chi connectivity index (χ4n) is 2.22. The number of rotatable bonds is 5. The van der Waals surface area contributed by atoms with Crippen molar-refractivity contribution in [1.29, 1.82) is 0 Å². The molecule has 1 aromatic carbocycles. The van der Waals surface area contributed by atoms with Crippen LogP contribution in [0.2, 0.25) is 0 Å². The van der Waals surface area contributed by atoms with Gasteiger partial charge < -0.3 is 4.84 Å². The van der Waals surface area contributed by atoms with E-state index in [9.17, 15) is 4.79 Å². The Kier molecular flexibility index (Phi) is 3.42. The van der Waals surface area contributed by atoms with Gasteiger partial charge in [0.1, 0.15) is 11.1 Å². The summed E-state index contributed by atoms with van der Waals surface area (Å²) in [5, 5.41) is 3.95. The molecule has 0 radical (unpaired) electrons. The first-order valence-electron chi connectivity index (χ1n) is 5.82. The van der Waals surface area contributed by atoms with Crippen LogP contribution < -0.4 is 0 Å². The lowest BCUT2D eigenvalue weighted by Crippen LogP contribution is -2.35. The molecule has 1 aliphatic heterocycles. The Balaban J connectivity index is 2.48. The molecule has 0 N–H and O–H groups in total. The molecule has 3 nitrogen and oxygen atoms in total.